The van der Waals surface area contributed by atoms with Gasteiger partial charge in [-0.3, -0.25) is 4.79 Å². The van der Waals surface area contributed by atoms with E-state index in [2.05, 4.69) is 60.4 Å². The lowest BCUT2D eigenvalue weighted by molar-refractivity contribution is -0.122. The first kappa shape index (κ1) is 23.5. The maximum absolute atomic E-state index is 12.9. The summed E-state index contributed by atoms with van der Waals surface area (Å²) in [4.78, 5) is 17.4. The summed E-state index contributed by atoms with van der Waals surface area (Å²) in [6.07, 6.45) is 1.76. The van der Waals surface area contributed by atoms with Crippen molar-refractivity contribution in [2.24, 2.45) is 0 Å². The number of carbonyl (C=O) groups excluding carboxylic acids is 1. The fourth-order valence-electron chi connectivity index (χ4n) is 4.18. The van der Waals surface area contributed by atoms with Crippen LogP contribution in [0.15, 0.2) is 60.8 Å². The molecule has 0 saturated heterocycles. The molecule has 176 valence electrons. The minimum atomic E-state index is -0.104. The molecule has 1 atom stereocenters. The van der Waals surface area contributed by atoms with E-state index in [1.165, 1.54) is 5.56 Å². The van der Waals surface area contributed by atoms with Crippen LogP contribution in [-0.2, 0) is 16.8 Å². The molecular formula is C28H32N4O2. The molecule has 2 aromatic carbocycles. The van der Waals surface area contributed by atoms with Crippen molar-refractivity contribution >= 4 is 16.9 Å². The number of methoxy groups -OCH3 is 1. The van der Waals surface area contributed by atoms with Gasteiger partial charge < -0.3 is 10.1 Å². The van der Waals surface area contributed by atoms with Crippen molar-refractivity contribution in [1.82, 2.24) is 20.1 Å². The lowest BCUT2D eigenvalue weighted by Crippen LogP contribution is -2.30. The summed E-state index contributed by atoms with van der Waals surface area (Å²) in [5, 5.41) is 8.68. The van der Waals surface area contributed by atoms with Gasteiger partial charge in [0.2, 0.25) is 5.91 Å². The third-order valence-electron chi connectivity index (χ3n) is 6.16. The molecule has 0 bridgehead atoms. The van der Waals surface area contributed by atoms with Gasteiger partial charge in [0.05, 0.1) is 18.8 Å². The fourth-order valence-corrected chi connectivity index (χ4v) is 4.18. The standard InChI is InChI=1S/C28H32N4O2/c1-18(20-7-11-22(12-8-20)28(3,4)5)30-25(33)17-32-27-26(19(2)31-32)24(15-16-29-27)21-9-13-23(34-6)14-10-21/h7-16,18H,17H2,1-6H3,(H,30,33). The number of aryl methyl sites for hydroxylation is 1. The predicted molar refractivity (Wildman–Crippen MR) is 136 cm³/mol. The zero-order chi connectivity index (χ0) is 24.5. The lowest BCUT2D eigenvalue weighted by atomic mass is 9.86. The molecule has 1 amide bonds. The molecule has 6 nitrogen and oxygen atoms in total. The van der Waals surface area contributed by atoms with Gasteiger partial charge in [0.1, 0.15) is 12.3 Å². The molecule has 6 heteroatoms. The Hall–Kier alpha value is -3.67. The molecule has 0 fully saturated rings. The SMILES string of the molecule is COc1ccc(-c2ccnc3c2c(C)nn3CC(=O)NC(C)c2ccc(C(C)(C)C)cc2)cc1. The second-order valence-corrected chi connectivity index (χ2v) is 9.69. The minimum absolute atomic E-state index is 0.0989. The van der Waals surface area contributed by atoms with Crippen molar-refractivity contribution in [3.8, 4) is 16.9 Å². The van der Waals surface area contributed by atoms with Gasteiger partial charge in [0.15, 0.2) is 5.65 Å². The average molecular weight is 457 g/mol. The molecule has 1 unspecified atom stereocenters. The Bertz CT molecular complexity index is 1300. The van der Waals surface area contributed by atoms with Crippen LogP contribution in [0.2, 0.25) is 0 Å². The number of pyridine rings is 1. The average Bonchev–Trinajstić information content (AvgIpc) is 3.13. The van der Waals surface area contributed by atoms with Crippen LogP contribution in [-0.4, -0.2) is 27.8 Å². The van der Waals surface area contributed by atoms with Crippen LogP contribution in [0.4, 0.5) is 0 Å². The van der Waals surface area contributed by atoms with Gasteiger partial charge in [-0.25, -0.2) is 9.67 Å². The number of nitrogens with one attached hydrogen (secondary N) is 1. The van der Waals surface area contributed by atoms with Crippen molar-refractivity contribution in [2.45, 2.75) is 52.6 Å². The Kier molecular flexibility index (Phi) is 6.42. The first-order valence-corrected chi connectivity index (χ1v) is 11.5. The highest BCUT2D eigenvalue weighted by Crippen LogP contribution is 2.31. The van der Waals surface area contributed by atoms with Gasteiger partial charge in [0, 0.05) is 11.6 Å². The molecule has 4 rings (SSSR count). The van der Waals surface area contributed by atoms with Crippen LogP contribution in [0.25, 0.3) is 22.2 Å². The quantitative estimate of drug-likeness (QED) is 0.411. The number of rotatable bonds is 6. The highest BCUT2D eigenvalue weighted by Gasteiger charge is 2.18. The molecular weight excluding hydrogens is 424 g/mol. The first-order valence-electron chi connectivity index (χ1n) is 11.5. The number of hydrogen-bond acceptors (Lipinski definition) is 4. The van der Waals surface area contributed by atoms with Gasteiger partial charge in [-0.2, -0.15) is 5.10 Å². The second kappa shape index (κ2) is 9.29. The van der Waals surface area contributed by atoms with Gasteiger partial charge in [0.25, 0.3) is 0 Å². The number of nitrogens with zero attached hydrogens (tertiary/aromatic N) is 3. The molecule has 0 aliphatic rings. The highest BCUT2D eigenvalue weighted by molar-refractivity contribution is 5.95. The van der Waals surface area contributed by atoms with E-state index in [4.69, 9.17) is 4.74 Å². The summed E-state index contributed by atoms with van der Waals surface area (Å²) in [6, 6.07) is 18.2. The summed E-state index contributed by atoms with van der Waals surface area (Å²) in [5.74, 6) is 0.703. The Balaban J connectivity index is 1.53. The lowest BCUT2D eigenvalue weighted by Gasteiger charge is -2.20. The van der Waals surface area contributed by atoms with E-state index >= 15 is 0 Å². The Morgan fingerprint density at radius 1 is 1.06 bits per heavy atom. The van der Waals surface area contributed by atoms with Crippen LogP contribution < -0.4 is 10.1 Å². The number of ether oxygens (including phenoxy) is 1. The monoisotopic (exact) mass is 456 g/mol. The van der Waals surface area contributed by atoms with Crippen LogP contribution in [0.3, 0.4) is 0 Å². The number of benzene rings is 2. The third-order valence-corrected chi connectivity index (χ3v) is 6.16. The smallest absolute Gasteiger partial charge is 0.242 e. The molecule has 34 heavy (non-hydrogen) atoms. The highest BCUT2D eigenvalue weighted by atomic mass is 16.5. The molecule has 0 spiro atoms. The van der Waals surface area contributed by atoms with Crippen molar-refractivity contribution in [3.63, 3.8) is 0 Å². The summed E-state index contributed by atoms with van der Waals surface area (Å²) in [6.45, 7) is 10.6. The Labute approximate surface area is 201 Å². The van der Waals surface area contributed by atoms with Crippen molar-refractivity contribution < 1.29 is 9.53 Å². The number of aromatic nitrogens is 3. The summed E-state index contributed by atoms with van der Waals surface area (Å²) in [5.41, 5.74) is 6.06. The number of fused-ring (bicyclic) bond motifs is 1. The maximum atomic E-state index is 12.9. The largest absolute Gasteiger partial charge is 0.497 e. The topological polar surface area (TPSA) is 69.0 Å². The van der Waals surface area contributed by atoms with Gasteiger partial charge >= 0.3 is 0 Å². The van der Waals surface area contributed by atoms with E-state index in [-0.39, 0.29) is 23.9 Å². The van der Waals surface area contributed by atoms with Crippen LogP contribution in [0.1, 0.15) is 50.6 Å². The van der Waals surface area contributed by atoms with Crippen molar-refractivity contribution in [2.75, 3.05) is 7.11 Å². The van der Waals surface area contributed by atoms with E-state index in [0.717, 1.165) is 33.5 Å². The Morgan fingerprint density at radius 3 is 2.35 bits per heavy atom. The molecule has 1 N–H and O–H groups in total. The molecule has 0 saturated carbocycles. The fraction of sp³-hybridized carbons (Fsp3) is 0.321. The zero-order valence-corrected chi connectivity index (χ0v) is 20.7. The van der Waals surface area contributed by atoms with Gasteiger partial charge in [-0.1, -0.05) is 57.2 Å². The summed E-state index contributed by atoms with van der Waals surface area (Å²) < 4.78 is 6.96. The van der Waals surface area contributed by atoms with Crippen LogP contribution in [0, 0.1) is 6.92 Å². The molecule has 4 aromatic rings. The summed E-state index contributed by atoms with van der Waals surface area (Å²) in [7, 11) is 1.65. The normalized spacial score (nSPS) is 12.5. The zero-order valence-electron chi connectivity index (χ0n) is 20.7. The molecule has 2 aromatic heterocycles. The number of carbonyl (C=O) groups is 1. The summed E-state index contributed by atoms with van der Waals surface area (Å²) >= 11 is 0. The molecule has 0 radical (unpaired) electrons. The van der Waals surface area contributed by atoms with E-state index < -0.39 is 0 Å². The molecule has 0 aliphatic carbocycles. The molecule has 0 aliphatic heterocycles. The molecule has 2 heterocycles. The van der Waals surface area contributed by atoms with E-state index in [1.807, 2.05) is 44.2 Å². The van der Waals surface area contributed by atoms with E-state index in [0.29, 0.717) is 5.65 Å². The van der Waals surface area contributed by atoms with E-state index in [9.17, 15) is 4.79 Å². The van der Waals surface area contributed by atoms with Gasteiger partial charge in [-0.15, -0.1) is 0 Å². The van der Waals surface area contributed by atoms with Crippen LogP contribution in [0.5, 0.6) is 5.75 Å². The Morgan fingerprint density at radius 2 is 1.74 bits per heavy atom. The van der Waals surface area contributed by atoms with Crippen molar-refractivity contribution in [1.29, 1.82) is 0 Å². The first-order chi connectivity index (χ1) is 16.2. The minimum Gasteiger partial charge on any atom is -0.497 e. The third kappa shape index (κ3) is 4.81. The van der Waals surface area contributed by atoms with E-state index in [1.54, 1.807) is 18.0 Å². The number of amides is 1. The van der Waals surface area contributed by atoms with Gasteiger partial charge in [-0.05, 0) is 59.7 Å². The maximum Gasteiger partial charge on any atom is 0.242 e. The van der Waals surface area contributed by atoms with Crippen molar-refractivity contribution in [3.05, 3.63) is 77.6 Å². The predicted octanol–water partition coefficient (Wildman–Crippen LogP) is 5.59. The van der Waals surface area contributed by atoms with Crippen LogP contribution >= 0.6 is 0 Å². The number of hydrogen-bond donors (Lipinski definition) is 1. The second-order valence-electron chi connectivity index (χ2n) is 9.69.